The lowest BCUT2D eigenvalue weighted by molar-refractivity contribution is -0.384. The van der Waals surface area contributed by atoms with E-state index in [-0.39, 0.29) is 41.7 Å². The Morgan fingerprint density at radius 1 is 1.25 bits per heavy atom. The SMILES string of the molecule is CCCOc1cc(C=C(C#N)C(=O)Nc2cc3c(cc2[N+](=O)[O-])OCCO3)ccc1OC. The molecule has 166 valence electrons. The molecule has 2 aromatic carbocycles. The van der Waals surface area contributed by atoms with Crippen molar-refractivity contribution in [2.45, 2.75) is 13.3 Å². The highest BCUT2D eigenvalue weighted by Gasteiger charge is 2.24. The number of methoxy groups -OCH3 is 1. The molecule has 0 radical (unpaired) electrons. The van der Waals surface area contributed by atoms with E-state index in [1.54, 1.807) is 18.2 Å². The molecule has 1 heterocycles. The smallest absolute Gasteiger partial charge is 0.296 e. The molecule has 2 aromatic rings. The van der Waals surface area contributed by atoms with Gasteiger partial charge in [-0.25, -0.2) is 0 Å². The van der Waals surface area contributed by atoms with Crippen molar-refractivity contribution < 1.29 is 28.7 Å². The van der Waals surface area contributed by atoms with E-state index in [0.717, 1.165) is 6.42 Å². The van der Waals surface area contributed by atoms with Gasteiger partial charge >= 0.3 is 0 Å². The topological polar surface area (TPSA) is 133 Å². The Hall–Kier alpha value is -4.26. The van der Waals surface area contributed by atoms with Crippen molar-refractivity contribution in [2.75, 3.05) is 32.2 Å². The maximum absolute atomic E-state index is 12.7. The molecule has 3 rings (SSSR count). The number of benzene rings is 2. The van der Waals surface area contributed by atoms with Crippen LogP contribution in [0.4, 0.5) is 11.4 Å². The van der Waals surface area contributed by atoms with Crippen LogP contribution in [0.25, 0.3) is 6.08 Å². The number of hydrogen-bond acceptors (Lipinski definition) is 8. The molecule has 0 fully saturated rings. The summed E-state index contributed by atoms with van der Waals surface area (Å²) in [5, 5.41) is 23.4. The minimum atomic E-state index is -0.806. The minimum absolute atomic E-state index is 0.105. The first-order chi connectivity index (χ1) is 15.5. The molecule has 1 amide bonds. The van der Waals surface area contributed by atoms with Crippen molar-refractivity contribution in [3.63, 3.8) is 0 Å². The number of amides is 1. The molecule has 1 aliphatic rings. The van der Waals surface area contributed by atoms with Crippen LogP contribution in [0.1, 0.15) is 18.9 Å². The predicted octanol–water partition coefficient (Wildman–Crippen LogP) is 3.71. The molecular weight excluding hydrogens is 418 g/mol. The Balaban J connectivity index is 1.89. The molecule has 10 nitrogen and oxygen atoms in total. The van der Waals surface area contributed by atoms with Gasteiger partial charge in [0.1, 0.15) is 30.5 Å². The van der Waals surface area contributed by atoms with Crippen LogP contribution in [0.2, 0.25) is 0 Å². The highest BCUT2D eigenvalue weighted by molar-refractivity contribution is 6.10. The normalized spacial score (nSPS) is 12.5. The van der Waals surface area contributed by atoms with Gasteiger partial charge < -0.3 is 24.3 Å². The number of carbonyl (C=O) groups is 1. The summed E-state index contributed by atoms with van der Waals surface area (Å²) in [6, 6.07) is 9.28. The lowest BCUT2D eigenvalue weighted by atomic mass is 10.1. The fourth-order valence-electron chi connectivity index (χ4n) is 2.94. The maximum Gasteiger partial charge on any atom is 0.296 e. The van der Waals surface area contributed by atoms with Crippen molar-refractivity contribution in [1.82, 2.24) is 0 Å². The van der Waals surface area contributed by atoms with Gasteiger partial charge in [0, 0.05) is 6.07 Å². The summed E-state index contributed by atoms with van der Waals surface area (Å²) >= 11 is 0. The van der Waals surface area contributed by atoms with Gasteiger partial charge in [0.15, 0.2) is 23.0 Å². The van der Waals surface area contributed by atoms with Crippen molar-refractivity contribution in [3.05, 3.63) is 51.6 Å². The number of anilines is 1. The average Bonchev–Trinajstić information content (AvgIpc) is 2.80. The van der Waals surface area contributed by atoms with Gasteiger partial charge in [0.05, 0.1) is 24.7 Å². The maximum atomic E-state index is 12.7. The molecule has 0 saturated carbocycles. The van der Waals surface area contributed by atoms with Gasteiger partial charge in [-0.3, -0.25) is 14.9 Å². The van der Waals surface area contributed by atoms with Crippen LogP contribution in [-0.4, -0.2) is 37.8 Å². The number of nitro benzene ring substituents is 1. The molecule has 1 N–H and O–H groups in total. The van der Waals surface area contributed by atoms with E-state index in [1.807, 2.05) is 13.0 Å². The molecule has 1 aliphatic heterocycles. The second-order valence-electron chi connectivity index (χ2n) is 6.65. The molecule has 32 heavy (non-hydrogen) atoms. The van der Waals surface area contributed by atoms with Gasteiger partial charge in [0.25, 0.3) is 11.6 Å². The van der Waals surface area contributed by atoms with Crippen LogP contribution >= 0.6 is 0 Å². The molecule has 0 saturated heterocycles. The third kappa shape index (κ3) is 5.07. The van der Waals surface area contributed by atoms with Crippen molar-refractivity contribution in [1.29, 1.82) is 5.26 Å². The summed E-state index contributed by atoms with van der Waals surface area (Å²) in [4.78, 5) is 23.5. The van der Waals surface area contributed by atoms with E-state index < -0.39 is 10.8 Å². The van der Waals surface area contributed by atoms with Gasteiger partial charge in [-0.05, 0) is 30.2 Å². The molecule has 0 spiro atoms. The highest BCUT2D eigenvalue weighted by Crippen LogP contribution is 2.39. The van der Waals surface area contributed by atoms with E-state index in [9.17, 15) is 20.2 Å². The number of nitriles is 1. The van der Waals surface area contributed by atoms with E-state index in [1.165, 1.54) is 25.3 Å². The standard InChI is InChI=1S/C22H21N3O7/c1-3-6-30-19-10-14(4-5-18(19)29-2)9-15(13-23)22(26)24-16-11-20-21(32-8-7-31-20)12-17(16)25(27)28/h4-5,9-12H,3,6-8H2,1-2H3,(H,24,26). The fraction of sp³-hybridized carbons (Fsp3) is 0.273. The van der Waals surface area contributed by atoms with E-state index in [2.05, 4.69) is 5.32 Å². The number of fused-ring (bicyclic) bond motifs is 1. The average molecular weight is 439 g/mol. The molecular formula is C22H21N3O7. The summed E-state index contributed by atoms with van der Waals surface area (Å²) in [5.74, 6) is 0.676. The van der Waals surface area contributed by atoms with Crippen LogP contribution in [0.3, 0.4) is 0 Å². The number of rotatable bonds is 8. The van der Waals surface area contributed by atoms with Crippen LogP contribution in [0.5, 0.6) is 23.0 Å². The summed E-state index contributed by atoms with van der Waals surface area (Å²) in [6.45, 7) is 2.98. The van der Waals surface area contributed by atoms with Gasteiger partial charge in [-0.2, -0.15) is 5.26 Å². The van der Waals surface area contributed by atoms with Crippen LogP contribution < -0.4 is 24.3 Å². The van der Waals surface area contributed by atoms with Crippen molar-refractivity contribution in [2.24, 2.45) is 0 Å². The van der Waals surface area contributed by atoms with Crippen molar-refractivity contribution in [3.8, 4) is 29.1 Å². The Morgan fingerprint density at radius 2 is 1.97 bits per heavy atom. The van der Waals surface area contributed by atoms with E-state index in [0.29, 0.717) is 23.7 Å². The second kappa shape index (κ2) is 10.2. The third-order valence-corrected chi connectivity index (χ3v) is 4.43. The lowest BCUT2D eigenvalue weighted by Crippen LogP contribution is -2.18. The number of nitro groups is 1. The van der Waals surface area contributed by atoms with E-state index >= 15 is 0 Å². The number of nitrogens with one attached hydrogen (secondary N) is 1. The molecule has 0 aromatic heterocycles. The summed E-state index contributed by atoms with van der Waals surface area (Å²) in [7, 11) is 1.51. The predicted molar refractivity (Wildman–Crippen MR) is 115 cm³/mol. The van der Waals surface area contributed by atoms with Crippen LogP contribution in [0.15, 0.2) is 35.9 Å². The first kappa shape index (κ1) is 22.4. The van der Waals surface area contributed by atoms with Crippen LogP contribution in [-0.2, 0) is 4.79 Å². The summed E-state index contributed by atoms with van der Waals surface area (Å²) in [6.07, 6.45) is 2.15. The number of ether oxygens (including phenoxy) is 4. The minimum Gasteiger partial charge on any atom is -0.493 e. The summed E-state index contributed by atoms with van der Waals surface area (Å²) < 4.78 is 21.7. The zero-order valence-electron chi connectivity index (χ0n) is 17.5. The third-order valence-electron chi connectivity index (χ3n) is 4.43. The highest BCUT2D eigenvalue weighted by atomic mass is 16.6. The second-order valence-corrected chi connectivity index (χ2v) is 6.65. The molecule has 10 heteroatoms. The first-order valence-corrected chi connectivity index (χ1v) is 9.78. The molecule has 0 aliphatic carbocycles. The zero-order chi connectivity index (χ0) is 23.1. The molecule has 0 atom stereocenters. The number of carbonyl (C=O) groups excluding carboxylic acids is 1. The van der Waals surface area contributed by atoms with Gasteiger partial charge in [0.2, 0.25) is 0 Å². The van der Waals surface area contributed by atoms with Crippen LogP contribution in [0, 0.1) is 21.4 Å². The number of hydrogen-bond donors (Lipinski definition) is 1. The van der Waals surface area contributed by atoms with Gasteiger partial charge in [-0.15, -0.1) is 0 Å². The Bertz CT molecular complexity index is 1110. The zero-order valence-corrected chi connectivity index (χ0v) is 17.5. The lowest BCUT2D eigenvalue weighted by Gasteiger charge is -2.19. The quantitative estimate of drug-likeness (QED) is 0.285. The molecule has 0 bridgehead atoms. The Kier molecular flexibility index (Phi) is 7.13. The summed E-state index contributed by atoms with van der Waals surface area (Å²) in [5.41, 5.74) is -0.201. The van der Waals surface area contributed by atoms with Crippen molar-refractivity contribution >= 4 is 23.4 Å². The fourth-order valence-corrected chi connectivity index (χ4v) is 2.94. The van der Waals surface area contributed by atoms with E-state index in [4.69, 9.17) is 18.9 Å². The molecule has 0 unspecified atom stereocenters. The monoisotopic (exact) mass is 439 g/mol. The number of nitrogens with zero attached hydrogens (tertiary/aromatic N) is 2. The largest absolute Gasteiger partial charge is 0.493 e. The van der Waals surface area contributed by atoms with Gasteiger partial charge in [-0.1, -0.05) is 13.0 Å². The Labute approximate surface area is 184 Å². The Morgan fingerprint density at radius 3 is 2.59 bits per heavy atom. The first-order valence-electron chi connectivity index (χ1n) is 9.78.